The normalized spacial score (nSPS) is 22.0. The fraction of sp³-hybridized carbons (Fsp3) is 0.429. The van der Waals surface area contributed by atoms with Gasteiger partial charge < -0.3 is 15.0 Å². The number of piperidine rings is 1. The van der Waals surface area contributed by atoms with E-state index < -0.39 is 5.82 Å². The second-order valence-corrected chi connectivity index (χ2v) is 8.72. The molecule has 0 atom stereocenters. The molecule has 1 saturated heterocycles. The maximum Gasteiger partial charge on any atom is 0.225 e. The van der Waals surface area contributed by atoms with Crippen molar-refractivity contribution in [2.24, 2.45) is 5.92 Å². The Kier molecular flexibility index (Phi) is 5.20. The van der Waals surface area contributed by atoms with Crippen LogP contribution in [0, 0.1) is 11.7 Å². The van der Waals surface area contributed by atoms with Crippen molar-refractivity contribution in [1.29, 1.82) is 0 Å². The van der Waals surface area contributed by atoms with E-state index in [2.05, 4.69) is 20.3 Å². The summed E-state index contributed by atoms with van der Waals surface area (Å²) in [6.45, 7) is 1.48. The highest BCUT2D eigenvalue weighted by atomic mass is 32.1. The fourth-order valence-corrected chi connectivity index (χ4v) is 4.72. The number of amides is 1. The number of nitrogens with zero attached hydrogens (tertiary/aromatic N) is 4. The van der Waals surface area contributed by atoms with Gasteiger partial charge in [-0.05, 0) is 37.8 Å². The summed E-state index contributed by atoms with van der Waals surface area (Å²) >= 11 is 1.60. The summed E-state index contributed by atoms with van der Waals surface area (Å²) in [5.74, 6) is 1.01. The van der Waals surface area contributed by atoms with Gasteiger partial charge in [0.25, 0.3) is 0 Å². The van der Waals surface area contributed by atoms with E-state index in [9.17, 15) is 9.18 Å². The molecular formula is C21H22FN5O2S. The zero-order valence-electron chi connectivity index (χ0n) is 16.3. The summed E-state index contributed by atoms with van der Waals surface area (Å²) < 4.78 is 20.2. The van der Waals surface area contributed by atoms with Gasteiger partial charge in [-0.1, -0.05) is 6.07 Å². The molecule has 30 heavy (non-hydrogen) atoms. The van der Waals surface area contributed by atoms with Crippen LogP contribution in [0.4, 0.5) is 10.3 Å². The van der Waals surface area contributed by atoms with Crippen LogP contribution in [0.5, 0.6) is 5.75 Å². The number of hydrogen-bond acceptors (Lipinski definition) is 7. The fourth-order valence-electron chi connectivity index (χ4n) is 4.02. The molecule has 1 aromatic carbocycles. The maximum atomic E-state index is 13.0. The minimum Gasteiger partial charge on any atom is -0.488 e. The van der Waals surface area contributed by atoms with Gasteiger partial charge >= 0.3 is 0 Å². The molecule has 1 N–H and O–H groups in total. The van der Waals surface area contributed by atoms with E-state index in [0.29, 0.717) is 5.95 Å². The Morgan fingerprint density at radius 3 is 2.70 bits per heavy atom. The number of thiazole rings is 1. The van der Waals surface area contributed by atoms with Crippen LogP contribution >= 0.6 is 11.3 Å². The minimum atomic E-state index is -0.438. The van der Waals surface area contributed by atoms with E-state index in [4.69, 9.17) is 4.74 Å². The van der Waals surface area contributed by atoms with E-state index in [0.717, 1.165) is 54.7 Å². The van der Waals surface area contributed by atoms with Gasteiger partial charge in [-0.25, -0.2) is 19.3 Å². The molecule has 2 aliphatic rings. The molecule has 1 saturated carbocycles. The Morgan fingerprint density at radius 2 is 1.93 bits per heavy atom. The number of nitrogens with one attached hydrogen (secondary N) is 1. The minimum absolute atomic E-state index is 0.00287. The van der Waals surface area contributed by atoms with E-state index in [1.807, 2.05) is 28.6 Å². The Hall–Kier alpha value is -2.81. The van der Waals surface area contributed by atoms with Crippen LogP contribution in [0.25, 0.3) is 10.2 Å². The van der Waals surface area contributed by atoms with Crippen LogP contribution in [0.2, 0.25) is 0 Å². The van der Waals surface area contributed by atoms with E-state index in [1.54, 1.807) is 11.3 Å². The van der Waals surface area contributed by atoms with Crippen molar-refractivity contribution in [2.45, 2.75) is 37.8 Å². The van der Waals surface area contributed by atoms with Crippen LogP contribution < -0.4 is 15.0 Å². The van der Waals surface area contributed by atoms with Gasteiger partial charge in [-0.2, -0.15) is 0 Å². The van der Waals surface area contributed by atoms with Gasteiger partial charge in [0.2, 0.25) is 11.9 Å². The topological polar surface area (TPSA) is 80.2 Å². The van der Waals surface area contributed by atoms with Gasteiger partial charge in [0, 0.05) is 25.0 Å². The number of hydrogen-bond donors (Lipinski definition) is 1. The lowest BCUT2D eigenvalue weighted by Crippen LogP contribution is -2.50. The Bertz CT molecular complexity index is 1030. The number of rotatable bonds is 5. The van der Waals surface area contributed by atoms with Crippen LogP contribution in [-0.4, -0.2) is 46.1 Å². The molecule has 3 aromatic rings. The zero-order valence-corrected chi connectivity index (χ0v) is 17.1. The first kappa shape index (κ1) is 19.2. The predicted octanol–water partition coefficient (Wildman–Crippen LogP) is 3.17. The number of ether oxygens (including phenoxy) is 1. The smallest absolute Gasteiger partial charge is 0.225 e. The number of benzene rings is 1. The lowest BCUT2D eigenvalue weighted by atomic mass is 9.81. The first-order valence-electron chi connectivity index (χ1n) is 10.2. The monoisotopic (exact) mass is 427 g/mol. The third kappa shape index (κ3) is 3.94. The molecular weight excluding hydrogens is 405 g/mol. The molecule has 1 aliphatic heterocycles. The average molecular weight is 428 g/mol. The molecule has 1 aliphatic carbocycles. The van der Waals surface area contributed by atoms with Crippen molar-refractivity contribution in [3.05, 3.63) is 41.9 Å². The summed E-state index contributed by atoms with van der Waals surface area (Å²) in [6, 6.07) is 6.10. The summed E-state index contributed by atoms with van der Waals surface area (Å²) in [4.78, 5) is 27.1. The van der Waals surface area contributed by atoms with Crippen molar-refractivity contribution in [3.8, 4) is 5.75 Å². The molecule has 7 nitrogen and oxygen atoms in total. The molecule has 0 spiro atoms. The summed E-state index contributed by atoms with van der Waals surface area (Å²) in [5, 5.41) is 3.18. The third-order valence-corrected chi connectivity index (χ3v) is 6.61. The number of para-hydroxylation sites is 1. The molecule has 0 unspecified atom stereocenters. The van der Waals surface area contributed by atoms with Crippen molar-refractivity contribution in [2.75, 3.05) is 18.0 Å². The maximum absolute atomic E-state index is 13.0. The highest BCUT2D eigenvalue weighted by Crippen LogP contribution is 2.35. The molecule has 3 heterocycles. The Labute approximate surface area is 177 Å². The highest BCUT2D eigenvalue weighted by Gasteiger charge is 2.37. The summed E-state index contributed by atoms with van der Waals surface area (Å²) in [6.07, 6.45) is 5.53. The first-order chi connectivity index (χ1) is 14.7. The van der Waals surface area contributed by atoms with E-state index in [1.165, 1.54) is 12.4 Å². The molecule has 2 fully saturated rings. The van der Waals surface area contributed by atoms with E-state index >= 15 is 0 Å². The predicted molar refractivity (Wildman–Crippen MR) is 112 cm³/mol. The number of fused-ring (bicyclic) bond motifs is 1. The Balaban J connectivity index is 1.08. The molecule has 2 aromatic heterocycles. The number of aromatic nitrogens is 3. The molecule has 1 amide bonds. The van der Waals surface area contributed by atoms with Crippen LogP contribution in [0.15, 0.2) is 36.1 Å². The third-order valence-electron chi connectivity index (χ3n) is 5.81. The van der Waals surface area contributed by atoms with Crippen molar-refractivity contribution in [3.63, 3.8) is 0 Å². The summed E-state index contributed by atoms with van der Waals surface area (Å²) in [7, 11) is 0. The largest absolute Gasteiger partial charge is 0.488 e. The number of carbonyl (C=O) groups excluding carboxylic acids is 1. The molecule has 5 rings (SSSR count). The molecule has 9 heteroatoms. The van der Waals surface area contributed by atoms with Gasteiger partial charge in [-0.3, -0.25) is 4.79 Å². The summed E-state index contributed by atoms with van der Waals surface area (Å²) in [5.41, 5.74) is 2.72. The van der Waals surface area contributed by atoms with Crippen LogP contribution in [-0.2, 0) is 4.79 Å². The molecule has 0 bridgehead atoms. The zero-order chi connectivity index (χ0) is 20.5. The van der Waals surface area contributed by atoms with E-state index in [-0.39, 0.29) is 24.0 Å². The quantitative estimate of drug-likeness (QED) is 0.674. The first-order valence-corrected chi connectivity index (χ1v) is 11.1. The van der Waals surface area contributed by atoms with Crippen molar-refractivity contribution < 1.29 is 13.9 Å². The SMILES string of the molecule is O=C(NC1CCN(c2ncc(F)cn2)CC1)[C@H]1C[C@H](Oc2cccc3scnc23)C1. The van der Waals surface area contributed by atoms with Crippen LogP contribution in [0.3, 0.4) is 0 Å². The second kappa shape index (κ2) is 8.14. The van der Waals surface area contributed by atoms with Crippen molar-refractivity contribution in [1.82, 2.24) is 20.3 Å². The molecule has 156 valence electrons. The van der Waals surface area contributed by atoms with Gasteiger partial charge in [0.15, 0.2) is 5.82 Å². The van der Waals surface area contributed by atoms with Gasteiger partial charge in [-0.15, -0.1) is 11.3 Å². The number of anilines is 1. The Morgan fingerprint density at radius 1 is 1.17 bits per heavy atom. The van der Waals surface area contributed by atoms with Gasteiger partial charge in [0.05, 0.1) is 22.6 Å². The second-order valence-electron chi connectivity index (χ2n) is 7.83. The lowest BCUT2D eigenvalue weighted by Gasteiger charge is -2.37. The molecule has 0 radical (unpaired) electrons. The van der Waals surface area contributed by atoms with Gasteiger partial charge in [0.1, 0.15) is 17.4 Å². The standard InChI is InChI=1S/C21H22FN5O2S/c22-14-10-23-21(24-11-14)27-6-4-15(5-7-27)26-20(28)13-8-16(9-13)29-17-2-1-3-18-19(17)25-12-30-18/h1-3,10-13,15-16H,4-9H2,(H,26,28)/t13-,16-. The van der Waals surface area contributed by atoms with Crippen LogP contribution in [0.1, 0.15) is 25.7 Å². The number of halogens is 1. The highest BCUT2D eigenvalue weighted by molar-refractivity contribution is 7.16. The number of carbonyl (C=O) groups is 1. The average Bonchev–Trinajstić information content (AvgIpc) is 3.21. The lowest BCUT2D eigenvalue weighted by molar-refractivity contribution is -0.131. The van der Waals surface area contributed by atoms with Crippen molar-refractivity contribution >= 4 is 33.4 Å².